The Morgan fingerprint density at radius 1 is 1.11 bits per heavy atom. The van der Waals surface area contributed by atoms with Gasteiger partial charge in [-0.3, -0.25) is 0 Å². The SMILES string of the molecule is CC[C@@H](C)N(Cc1cccc(OS(C)(=O)=O)c1)C(=O)NCc1ccccc1. The van der Waals surface area contributed by atoms with Crippen LogP contribution in [0.1, 0.15) is 31.4 Å². The monoisotopic (exact) mass is 390 g/mol. The Bertz CT molecular complexity index is 853. The summed E-state index contributed by atoms with van der Waals surface area (Å²) in [6.07, 6.45) is 1.81. The quantitative estimate of drug-likeness (QED) is 0.700. The van der Waals surface area contributed by atoms with Crippen molar-refractivity contribution in [2.45, 2.75) is 39.4 Å². The van der Waals surface area contributed by atoms with Gasteiger partial charge in [-0.05, 0) is 36.6 Å². The molecule has 2 aromatic rings. The molecule has 0 saturated heterocycles. The van der Waals surface area contributed by atoms with Gasteiger partial charge >= 0.3 is 16.1 Å². The topological polar surface area (TPSA) is 75.7 Å². The first-order valence-corrected chi connectivity index (χ1v) is 10.7. The van der Waals surface area contributed by atoms with Gasteiger partial charge < -0.3 is 14.4 Å². The van der Waals surface area contributed by atoms with E-state index >= 15 is 0 Å². The molecule has 6 nitrogen and oxygen atoms in total. The van der Waals surface area contributed by atoms with Crippen LogP contribution in [-0.4, -0.2) is 31.6 Å². The van der Waals surface area contributed by atoms with Crippen molar-refractivity contribution >= 4 is 16.1 Å². The standard InChI is InChI=1S/C20H26N2O4S/c1-4-16(2)22(20(23)21-14-17-9-6-5-7-10-17)15-18-11-8-12-19(13-18)26-27(3,24)25/h5-13,16H,4,14-15H2,1-3H3,(H,21,23)/t16-/m1/s1. The zero-order valence-corrected chi connectivity index (χ0v) is 16.7. The molecule has 2 aromatic carbocycles. The first kappa shape index (κ1) is 20.8. The van der Waals surface area contributed by atoms with Gasteiger partial charge in [0.1, 0.15) is 5.75 Å². The summed E-state index contributed by atoms with van der Waals surface area (Å²) >= 11 is 0. The molecule has 0 unspecified atom stereocenters. The number of urea groups is 1. The number of benzene rings is 2. The fourth-order valence-corrected chi connectivity index (χ4v) is 3.04. The predicted octanol–water partition coefficient (Wildman–Crippen LogP) is 3.54. The second-order valence-electron chi connectivity index (χ2n) is 6.46. The molecule has 0 aromatic heterocycles. The van der Waals surface area contributed by atoms with Crippen molar-refractivity contribution in [1.82, 2.24) is 10.2 Å². The molecular formula is C20H26N2O4S. The third-order valence-electron chi connectivity index (χ3n) is 4.17. The lowest BCUT2D eigenvalue weighted by molar-refractivity contribution is 0.173. The number of carbonyl (C=O) groups is 1. The van der Waals surface area contributed by atoms with Crippen LogP contribution in [0, 0.1) is 0 Å². The van der Waals surface area contributed by atoms with Gasteiger partial charge in [-0.2, -0.15) is 8.42 Å². The van der Waals surface area contributed by atoms with Crippen LogP contribution in [0.2, 0.25) is 0 Å². The zero-order chi connectivity index (χ0) is 19.9. The van der Waals surface area contributed by atoms with Gasteiger partial charge in [0.2, 0.25) is 0 Å². The van der Waals surface area contributed by atoms with E-state index in [4.69, 9.17) is 4.18 Å². The number of amides is 2. The second-order valence-corrected chi connectivity index (χ2v) is 8.04. The van der Waals surface area contributed by atoms with Crippen LogP contribution in [0.25, 0.3) is 0 Å². The number of rotatable bonds is 8. The average molecular weight is 391 g/mol. The summed E-state index contributed by atoms with van der Waals surface area (Å²) in [5, 5.41) is 2.95. The lowest BCUT2D eigenvalue weighted by Gasteiger charge is -2.29. The van der Waals surface area contributed by atoms with Crippen LogP contribution in [0.4, 0.5) is 4.79 Å². The Labute approximate surface area is 161 Å². The number of hydrogen-bond donors (Lipinski definition) is 1. The van der Waals surface area contributed by atoms with Crippen molar-refractivity contribution in [3.05, 3.63) is 65.7 Å². The Morgan fingerprint density at radius 2 is 1.78 bits per heavy atom. The lowest BCUT2D eigenvalue weighted by atomic mass is 10.1. The first-order chi connectivity index (χ1) is 12.8. The second kappa shape index (κ2) is 9.41. The molecule has 2 rings (SSSR count). The van der Waals surface area contributed by atoms with Gasteiger partial charge in [-0.15, -0.1) is 0 Å². The van der Waals surface area contributed by atoms with Crippen LogP contribution in [0.5, 0.6) is 5.75 Å². The minimum absolute atomic E-state index is 0.0280. The Balaban J connectivity index is 2.09. The molecule has 1 atom stereocenters. The van der Waals surface area contributed by atoms with Crippen molar-refractivity contribution in [2.75, 3.05) is 6.26 Å². The van der Waals surface area contributed by atoms with Crippen molar-refractivity contribution in [3.63, 3.8) is 0 Å². The van der Waals surface area contributed by atoms with Crippen LogP contribution < -0.4 is 9.50 Å². The van der Waals surface area contributed by atoms with Crippen molar-refractivity contribution < 1.29 is 17.4 Å². The highest BCUT2D eigenvalue weighted by Gasteiger charge is 2.19. The Hall–Kier alpha value is -2.54. The average Bonchev–Trinajstić information content (AvgIpc) is 2.63. The number of nitrogens with zero attached hydrogens (tertiary/aromatic N) is 1. The maximum Gasteiger partial charge on any atom is 0.318 e. The molecule has 0 aliphatic heterocycles. The molecule has 0 fully saturated rings. The van der Waals surface area contributed by atoms with E-state index in [9.17, 15) is 13.2 Å². The zero-order valence-electron chi connectivity index (χ0n) is 15.9. The summed E-state index contributed by atoms with van der Waals surface area (Å²) < 4.78 is 27.6. The van der Waals surface area contributed by atoms with Crippen molar-refractivity contribution in [2.24, 2.45) is 0 Å². The maximum absolute atomic E-state index is 12.7. The molecule has 0 saturated carbocycles. The molecule has 0 heterocycles. The van der Waals surface area contributed by atoms with Crippen LogP contribution in [0.3, 0.4) is 0 Å². The van der Waals surface area contributed by atoms with E-state index in [1.54, 1.807) is 23.1 Å². The minimum Gasteiger partial charge on any atom is -0.383 e. The van der Waals surface area contributed by atoms with E-state index in [1.165, 1.54) is 0 Å². The third kappa shape index (κ3) is 6.94. The van der Waals surface area contributed by atoms with Gasteiger partial charge in [-0.25, -0.2) is 4.79 Å². The van der Waals surface area contributed by atoms with Crippen LogP contribution >= 0.6 is 0 Å². The van der Waals surface area contributed by atoms with Gasteiger partial charge in [0, 0.05) is 19.1 Å². The summed E-state index contributed by atoms with van der Waals surface area (Å²) in [5.74, 6) is 0.240. The number of carbonyl (C=O) groups excluding carboxylic acids is 1. The molecule has 27 heavy (non-hydrogen) atoms. The molecule has 1 N–H and O–H groups in total. The van der Waals surface area contributed by atoms with E-state index in [1.807, 2.05) is 50.2 Å². The summed E-state index contributed by atoms with van der Waals surface area (Å²) in [6, 6.07) is 16.4. The van der Waals surface area contributed by atoms with Crippen LogP contribution in [0.15, 0.2) is 54.6 Å². The molecule has 2 amide bonds. The highest BCUT2D eigenvalue weighted by molar-refractivity contribution is 7.86. The van der Waals surface area contributed by atoms with Crippen molar-refractivity contribution in [1.29, 1.82) is 0 Å². The molecule has 0 radical (unpaired) electrons. The third-order valence-corrected chi connectivity index (χ3v) is 4.66. The van der Waals surface area contributed by atoms with E-state index < -0.39 is 10.1 Å². The Morgan fingerprint density at radius 3 is 2.41 bits per heavy atom. The van der Waals surface area contributed by atoms with Crippen molar-refractivity contribution in [3.8, 4) is 5.75 Å². The molecule has 0 aliphatic rings. The normalized spacial score (nSPS) is 12.3. The lowest BCUT2D eigenvalue weighted by Crippen LogP contribution is -2.44. The molecule has 146 valence electrons. The predicted molar refractivity (Wildman–Crippen MR) is 106 cm³/mol. The summed E-state index contributed by atoms with van der Waals surface area (Å²) in [6.45, 7) is 4.81. The molecule has 0 spiro atoms. The van der Waals surface area contributed by atoms with Gasteiger partial charge in [0.05, 0.1) is 6.26 Å². The highest BCUT2D eigenvalue weighted by atomic mass is 32.2. The van der Waals surface area contributed by atoms with E-state index in [-0.39, 0.29) is 17.8 Å². The highest BCUT2D eigenvalue weighted by Crippen LogP contribution is 2.18. The molecule has 7 heteroatoms. The van der Waals surface area contributed by atoms with Gasteiger partial charge in [-0.1, -0.05) is 49.4 Å². The fourth-order valence-electron chi connectivity index (χ4n) is 2.59. The summed E-state index contributed by atoms with van der Waals surface area (Å²) in [4.78, 5) is 14.5. The largest absolute Gasteiger partial charge is 0.383 e. The summed E-state index contributed by atoms with van der Waals surface area (Å²) in [5.41, 5.74) is 1.82. The molecule has 0 bridgehead atoms. The van der Waals surface area contributed by atoms with E-state index in [2.05, 4.69) is 5.32 Å². The van der Waals surface area contributed by atoms with Crippen LogP contribution in [-0.2, 0) is 23.2 Å². The van der Waals surface area contributed by atoms with Gasteiger partial charge in [0.15, 0.2) is 0 Å². The maximum atomic E-state index is 12.7. The first-order valence-electron chi connectivity index (χ1n) is 8.85. The number of hydrogen-bond acceptors (Lipinski definition) is 4. The smallest absolute Gasteiger partial charge is 0.318 e. The Kier molecular flexibility index (Phi) is 7.24. The minimum atomic E-state index is -3.59. The van der Waals surface area contributed by atoms with E-state index in [0.29, 0.717) is 13.1 Å². The number of nitrogens with one attached hydrogen (secondary N) is 1. The summed E-state index contributed by atoms with van der Waals surface area (Å²) in [7, 11) is -3.59. The molecule has 0 aliphatic carbocycles. The van der Waals surface area contributed by atoms with E-state index in [0.717, 1.165) is 23.8 Å². The van der Waals surface area contributed by atoms with Gasteiger partial charge in [0.25, 0.3) is 0 Å². The molecular weight excluding hydrogens is 364 g/mol. The fraction of sp³-hybridized carbons (Fsp3) is 0.350.